The van der Waals surface area contributed by atoms with Crippen molar-refractivity contribution < 1.29 is 13.5 Å². The molecule has 0 heterocycles. The normalized spacial score (nSPS) is 12.7. The topological polar surface area (TPSA) is 57.6 Å². The van der Waals surface area contributed by atoms with E-state index in [-0.39, 0.29) is 25.0 Å². The van der Waals surface area contributed by atoms with Gasteiger partial charge in [-0.15, -0.1) is 0 Å². The molecular weight excluding hydrogens is 358 g/mol. The fraction of sp³-hybridized carbons (Fsp3) is 0.727. The fourth-order valence-corrected chi connectivity index (χ4v) is 5.45. The molecule has 5 heteroatoms. The van der Waals surface area contributed by atoms with Crippen LogP contribution in [0, 0.1) is 0 Å². The molecule has 0 fully saturated rings. The van der Waals surface area contributed by atoms with Gasteiger partial charge < -0.3 is 5.11 Å². The number of sulfonamides is 1. The molecule has 156 valence electrons. The summed E-state index contributed by atoms with van der Waals surface area (Å²) in [6, 6.07) is 4.13. The van der Waals surface area contributed by atoms with Crippen molar-refractivity contribution in [3.05, 3.63) is 28.8 Å². The maximum atomic E-state index is 13.7. The minimum atomic E-state index is -3.66. The highest BCUT2D eigenvalue weighted by Gasteiger charge is 2.31. The lowest BCUT2D eigenvalue weighted by molar-refractivity contribution is 0.251. The molecule has 1 aromatic carbocycles. The molecule has 0 saturated carbocycles. The summed E-state index contributed by atoms with van der Waals surface area (Å²) in [5.41, 5.74) is 2.97. The number of hydrogen-bond donors (Lipinski definition) is 1. The van der Waals surface area contributed by atoms with Crippen LogP contribution in [0.15, 0.2) is 17.0 Å². The van der Waals surface area contributed by atoms with E-state index in [1.807, 2.05) is 0 Å². The van der Waals surface area contributed by atoms with Gasteiger partial charge in [-0.2, -0.15) is 4.31 Å². The van der Waals surface area contributed by atoms with Gasteiger partial charge in [0.2, 0.25) is 10.0 Å². The van der Waals surface area contributed by atoms with E-state index in [0.717, 1.165) is 30.4 Å². The van der Waals surface area contributed by atoms with E-state index in [4.69, 9.17) is 0 Å². The van der Waals surface area contributed by atoms with Crippen molar-refractivity contribution >= 4 is 10.0 Å². The number of rotatable bonds is 11. The summed E-state index contributed by atoms with van der Waals surface area (Å²) in [5.74, 6) is 0.560. The standard InChI is InChI=1S/C22H39NO3S/c1-8-9-10-11-23(12-13-24)27(25,26)22-20(17(4)5)14-19(16(2)3)15-21(22)18(6)7/h14-18,24H,8-13H2,1-7H3. The van der Waals surface area contributed by atoms with Gasteiger partial charge in [0.05, 0.1) is 11.5 Å². The molecule has 4 nitrogen and oxygen atoms in total. The second-order valence-corrected chi connectivity index (χ2v) is 10.2. The number of aliphatic hydroxyl groups excluding tert-OH is 1. The molecule has 1 N–H and O–H groups in total. The summed E-state index contributed by atoms with van der Waals surface area (Å²) in [6.45, 7) is 15.0. The predicted octanol–water partition coefficient (Wildman–Crippen LogP) is 5.23. The Balaban J connectivity index is 3.63. The van der Waals surface area contributed by atoms with Crippen LogP contribution in [0.1, 0.15) is 102 Å². The van der Waals surface area contributed by atoms with E-state index in [2.05, 4.69) is 60.6 Å². The van der Waals surface area contributed by atoms with Crippen molar-refractivity contribution in [2.75, 3.05) is 19.7 Å². The zero-order valence-electron chi connectivity index (χ0n) is 18.2. The first-order valence-corrected chi connectivity index (χ1v) is 11.8. The monoisotopic (exact) mass is 397 g/mol. The third kappa shape index (κ3) is 6.03. The number of unbranched alkanes of at least 4 members (excludes halogenated alkanes) is 2. The van der Waals surface area contributed by atoms with Crippen molar-refractivity contribution in [3.8, 4) is 0 Å². The van der Waals surface area contributed by atoms with E-state index in [9.17, 15) is 13.5 Å². The van der Waals surface area contributed by atoms with Gasteiger partial charge in [-0.3, -0.25) is 0 Å². The Hall–Kier alpha value is -0.910. The quantitative estimate of drug-likeness (QED) is 0.520. The van der Waals surface area contributed by atoms with E-state index >= 15 is 0 Å². The first-order valence-electron chi connectivity index (χ1n) is 10.4. The third-order valence-electron chi connectivity index (χ3n) is 5.04. The molecule has 0 saturated heterocycles. The van der Waals surface area contributed by atoms with Crippen LogP contribution in [-0.2, 0) is 10.0 Å². The molecule has 0 atom stereocenters. The molecule has 0 aliphatic heterocycles. The van der Waals surface area contributed by atoms with Crippen LogP contribution in [-0.4, -0.2) is 37.5 Å². The lowest BCUT2D eigenvalue weighted by Crippen LogP contribution is -2.36. The molecule has 0 unspecified atom stereocenters. The zero-order valence-corrected chi connectivity index (χ0v) is 19.1. The van der Waals surface area contributed by atoms with Crippen LogP contribution in [0.25, 0.3) is 0 Å². The summed E-state index contributed by atoms with van der Waals surface area (Å²) < 4.78 is 28.8. The Labute approximate surface area is 167 Å². The molecule has 27 heavy (non-hydrogen) atoms. The fourth-order valence-electron chi connectivity index (χ4n) is 3.32. The lowest BCUT2D eigenvalue weighted by Gasteiger charge is -2.28. The number of aliphatic hydroxyl groups is 1. The van der Waals surface area contributed by atoms with Gasteiger partial charge in [-0.25, -0.2) is 8.42 Å². The van der Waals surface area contributed by atoms with Crippen LogP contribution in [0.2, 0.25) is 0 Å². The molecular formula is C22H39NO3S. The molecule has 1 rings (SSSR count). The van der Waals surface area contributed by atoms with Crippen LogP contribution in [0.3, 0.4) is 0 Å². The van der Waals surface area contributed by atoms with Gasteiger partial charge in [0.15, 0.2) is 0 Å². The SMILES string of the molecule is CCCCCN(CCO)S(=O)(=O)c1c(C(C)C)cc(C(C)C)cc1C(C)C. The zero-order chi connectivity index (χ0) is 20.8. The van der Waals surface area contributed by atoms with Crippen LogP contribution in [0.5, 0.6) is 0 Å². The molecule has 0 radical (unpaired) electrons. The van der Waals surface area contributed by atoms with Gasteiger partial charge in [0.1, 0.15) is 0 Å². The second-order valence-electron chi connectivity index (χ2n) is 8.33. The summed E-state index contributed by atoms with van der Waals surface area (Å²) in [5, 5.41) is 9.47. The van der Waals surface area contributed by atoms with Crippen LogP contribution in [0.4, 0.5) is 0 Å². The van der Waals surface area contributed by atoms with Crippen LogP contribution >= 0.6 is 0 Å². The predicted molar refractivity (Wildman–Crippen MR) is 114 cm³/mol. The largest absolute Gasteiger partial charge is 0.395 e. The highest BCUT2D eigenvalue weighted by atomic mass is 32.2. The van der Waals surface area contributed by atoms with Gasteiger partial charge >= 0.3 is 0 Å². The number of hydrogen-bond acceptors (Lipinski definition) is 3. The summed E-state index contributed by atoms with van der Waals surface area (Å²) >= 11 is 0. The molecule has 0 amide bonds. The number of benzene rings is 1. The smallest absolute Gasteiger partial charge is 0.243 e. The molecule has 1 aromatic rings. The van der Waals surface area contributed by atoms with Crippen molar-refractivity contribution in [1.29, 1.82) is 0 Å². The summed E-state index contributed by atoms with van der Waals surface area (Å²) in [4.78, 5) is 0.460. The molecule has 0 aromatic heterocycles. The average Bonchev–Trinajstić information content (AvgIpc) is 2.59. The van der Waals surface area contributed by atoms with Crippen LogP contribution < -0.4 is 0 Å². The third-order valence-corrected chi connectivity index (χ3v) is 7.07. The van der Waals surface area contributed by atoms with Gasteiger partial charge in [-0.1, -0.05) is 73.4 Å². The van der Waals surface area contributed by atoms with Crippen molar-refractivity contribution in [2.24, 2.45) is 0 Å². The van der Waals surface area contributed by atoms with Crippen molar-refractivity contribution in [3.63, 3.8) is 0 Å². The molecule has 0 spiro atoms. The summed E-state index contributed by atoms with van der Waals surface area (Å²) in [7, 11) is -3.66. The first kappa shape index (κ1) is 24.1. The average molecular weight is 398 g/mol. The Morgan fingerprint density at radius 1 is 0.889 bits per heavy atom. The Bertz CT molecular complexity index is 665. The van der Waals surface area contributed by atoms with Gasteiger partial charge in [-0.05, 0) is 40.9 Å². The minimum absolute atomic E-state index is 0.109. The molecule has 0 aliphatic carbocycles. The highest BCUT2D eigenvalue weighted by Crippen LogP contribution is 2.36. The van der Waals surface area contributed by atoms with E-state index < -0.39 is 10.0 Å². The lowest BCUT2D eigenvalue weighted by atomic mass is 9.89. The first-order chi connectivity index (χ1) is 12.6. The van der Waals surface area contributed by atoms with Gasteiger partial charge in [0.25, 0.3) is 0 Å². The number of nitrogens with zero attached hydrogens (tertiary/aromatic N) is 1. The van der Waals surface area contributed by atoms with E-state index in [0.29, 0.717) is 17.4 Å². The molecule has 0 aliphatic rings. The van der Waals surface area contributed by atoms with Crippen molar-refractivity contribution in [1.82, 2.24) is 4.31 Å². The maximum Gasteiger partial charge on any atom is 0.243 e. The van der Waals surface area contributed by atoms with E-state index in [1.54, 1.807) is 0 Å². The summed E-state index contributed by atoms with van der Waals surface area (Å²) in [6.07, 6.45) is 2.83. The molecule has 0 bridgehead atoms. The van der Waals surface area contributed by atoms with Crippen molar-refractivity contribution in [2.45, 2.75) is 90.4 Å². The second kappa shape index (κ2) is 10.6. The van der Waals surface area contributed by atoms with E-state index in [1.165, 1.54) is 9.87 Å². The Kier molecular flexibility index (Phi) is 9.46. The maximum absolute atomic E-state index is 13.7. The minimum Gasteiger partial charge on any atom is -0.395 e. The Morgan fingerprint density at radius 3 is 1.78 bits per heavy atom. The highest BCUT2D eigenvalue weighted by molar-refractivity contribution is 7.89. The Morgan fingerprint density at radius 2 is 1.41 bits per heavy atom. The van der Waals surface area contributed by atoms with Gasteiger partial charge in [0, 0.05) is 13.1 Å².